The van der Waals surface area contributed by atoms with E-state index >= 15 is 0 Å². The first-order valence-electron chi connectivity index (χ1n) is 8.54. The molecule has 3 rings (SSSR count). The number of aliphatic hydroxyl groups is 1. The van der Waals surface area contributed by atoms with E-state index < -0.39 is 23.8 Å². The van der Waals surface area contributed by atoms with E-state index in [4.69, 9.17) is 0 Å². The number of nitrogens with one attached hydrogen (secondary N) is 2. The van der Waals surface area contributed by atoms with Crippen molar-refractivity contribution in [3.63, 3.8) is 0 Å². The van der Waals surface area contributed by atoms with Gasteiger partial charge in [0.05, 0.1) is 12.1 Å². The molecule has 2 unspecified atom stereocenters. The highest BCUT2D eigenvalue weighted by atomic mass is 19.1. The number of urea groups is 1. The first kappa shape index (κ1) is 17.0. The zero-order valence-corrected chi connectivity index (χ0v) is 13.5. The number of benzene rings is 1. The Balaban J connectivity index is 1.65. The number of hydrogen-bond donors (Lipinski definition) is 3. The van der Waals surface area contributed by atoms with Crippen molar-refractivity contribution in [3.8, 4) is 0 Å². The van der Waals surface area contributed by atoms with E-state index in [1.54, 1.807) is 4.90 Å². The van der Waals surface area contributed by atoms with Gasteiger partial charge in [0.25, 0.3) is 0 Å². The molecule has 2 atom stereocenters. The second-order valence-corrected chi connectivity index (χ2v) is 6.54. The van der Waals surface area contributed by atoms with Crippen LogP contribution in [0.3, 0.4) is 0 Å². The highest BCUT2D eigenvalue weighted by molar-refractivity contribution is 5.89. The third-order valence-electron chi connectivity index (χ3n) is 4.74. The number of rotatable bonds is 3. The van der Waals surface area contributed by atoms with Crippen LogP contribution in [0.4, 0.5) is 25.0 Å². The molecule has 1 aromatic carbocycles. The van der Waals surface area contributed by atoms with Crippen LogP contribution in [-0.2, 0) is 0 Å². The van der Waals surface area contributed by atoms with E-state index in [0.29, 0.717) is 25.9 Å². The first-order chi connectivity index (χ1) is 11.5. The van der Waals surface area contributed by atoms with E-state index in [9.17, 15) is 18.7 Å². The van der Waals surface area contributed by atoms with E-state index in [-0.39, 0.29) is 17.4 Å². The number of halogens is 2. The van der Waals surface area contributed by atoms with Crippen molar-refractivity contribution in [2.24, 2.45) is 0 Å². The van der Waals surface area contributed by atoms with Crippen LogP contribution in [0.2, 0.25) is 0 Å². The van der Waals surface area contributed by atoms with Crippen molar-refractivity contribution in [1.29, 1.82) is 0 Å². The predicted octanol–water partition coefficient (Wildman–Crippen LogP) is 2.99. The van der Waals surface area contributed by atoms with Crippen LogP contribution in [0.15, 0.2) is 12.1 Å². The second kappa shape index (κ2) is 7.34. The molecular formula is C17H23F2N3O2. The molecule has 2 aliphatic rings. The van der Waals surface area contributed by atoms with Gasteiger partial charge in [-0.2, -0.15) is 0 Å². The minimum absolute atomic E-state index is 0.0267. The highest BCUT2D eigenvalue weighted by Crippen LogP contribution is 2.29. The van der Waals surface area contributed by atoms with Gasteiger partial charge in [0.15, 0.2) is 11.6 Å². The third-order valence-corrected chi connectivity index (χ3v) is 4.74. The molecule has 1 saturated carbocycles. The molecule has 0 aromatic heterocycles. The van der Waals surface area contributed by atoms with E-state index in [2.05, 4.69) is 10.6 Å². The van der Waals surface area contributed by atoms with Crippen molar-refractivity contribution in [3.05, 3.63) is 23.8 Å². The second-order valence-electron chi connectivity index (χ2n) is 6.54. The number of carbonyl (C=O) groups is 1. The SMILES string of the molecule is O=C(Nc1cc(F)c(N2CCCC2)c(F)c1)NC1CCCCC1O. The van der Waals surface area contributed by atoms with Gasteiger partial charge < -0.3 is 20.6 Å². The Hall–Kier alpha value is -1.89. The molecule has 5 nitrogen and oxygen atoms in total. The van der Waals surface area contributed by atoms with Gasteiger partial charge >= 0.3 is 6.03 Å². The van der Waals surface area contributed by atoms with Crippen LogP contribution >= 0.6 is 0 Å². The topological polar surface area (TPSA) is 64.6 Å². The number of nitrogens with zero attached hydrogens (tertiary/aromatic N) is 1. The molecule has 0 radical (unpaired) electrons. The molecule has 2 amide bonds. The highest BCUT2D eigenvalue weighted by Gasteiger charge is 2.25. The van der Waals surface area contributed by atoms with Crippen molar-refractivity contribution in [2.75, 3.05) is 23.3 Å². The monoisotopic (exact) mass is 339 g/mol. The lowest BCUT2D eigenvalue weighted by Gasteiger charge is -2.28. The average Bonchev–Trinajstić information content (AvgIpc) is 3.03. The molecule has 1 aromatic rings. The van der Waals surface area contributed by atoms with E-state index in [0.717, 1.165) is 37.8 Å². The lowest BCUT2D eigenvalue weighted by molar-refractivity contribution is 0.0955. The number of anilines is 2. The summed E-state index contributed by atoms with van der Waals surface area (Å²) in [5, 5.41) is 15.0. The van der Waals surface area contributed by atoms with E-state index in [1.807, 2.05) is 0 Å². The quantitative estimate of drug-likeness (QED) is 0.793. The van der Waals surface area contributed by atoms with Gasteiger partial charge in [0.2, 0.25) is 0 Å². The number of hydrogen-bond acceptors (Lipinski definition) is 3. The van der Waals surface area contributed by atoms with Gasteiger partial charge in [0, 0.05) is 18.8 Å². The van der Waals surface area contributed by atoms with Gasteiger partial charge in [-0.1, -0.05) is 12.8 Å². The Morgan fingerprint density at radius 2 is 1.71 bits per heavy atom. The fourth-order valence-corrected chi connectivity index (χ4v) is 3.50. The van der Waals surface area contributed by atoms with Crippen LogP contribution < -0.4 is 15.5 Å². The number of amides is 2. The number of aliphatic hydroxyl groups excluding tert-OH is 1. The smallest absolute Gasteiger partial charge is 0.319 e. The third kappa shape index (κ3) is 3.77. The summed E-state index contributed by atoms with van der Waals surface area (Å²) in [6, 6.07) is 1.38. The molecule has 1 heterocycles. The summed E-state index contributed by atoms with van der Waals surface area (Å²) < 4.78 is 28.5. The van der Waals surface area contributed by atoms with Crippen LogP contribution in [0.1, 0.15) is 38.5 Å². The largest absolute Gasteiger partial charge is 0.391 e. The fraction of sp³-hybridized carbons (Fsp3) is 0.588. The van der Waals surface area contributed by atoms with Gasteiger partial charge in [-0.15, -0.1) is 0 Å². The maximum Gasteiger partial charge on any atom is 0.319 e. The van der Waals surface area contributed by atoms with Crippen LogP contribution in [0.25, 0.3) is 0 Å². The molecule has 0 spiro atoms. The van der Waals surface area contributed by atoms with Gasteiger partial charge in [0.1, 0.15) is 5.69 Å². The molecule has 0 bridgehead atoms. The molecule has 3 N–H and O–H groups in total. The summed E-state index contributed by atoms with van der Waals surface area (Å²) in [5.74, 6) is -1.35. The fourth-order valence-electron chi connectivity index (χ4n) is 3.50. The Morgan fingerprint density at radius 3 is 2.33 bits per heavy atom. The first-order valence-corrected chi connectivity index (χ1v) is 8.54. The lowest BCUT2D eigenvalue weighted by atomic mass is 9.93. The Labute approximate surface area is 140 Å². The molecule has 1 saturated heterocycles. The normalized spacial score (nSPS) is 24.0. The van der Waals surface area contributed by atoms with Crippen molar-refractivity contribution in [2.45, 2.75) is 50.7 Å². The average molecular weight is 339 g/mol. The van der Waals surface area contributed by atoms with Crippen molar-refractivity contribution in [1.82, 2.24) is 5.32 Å². The van der Waals surface area contributed by atoms with Gasteiger partial charge in [-0.3, -0.25) is 0 Å². The minimum Gasteiger partial charge on any atom is -0.391 e. The summed E-state index contributed by atoms with van der Waals surface area (Å²) in [6.07, 6.45) is 4.50. The maximum absolute atomic E-state index is 14.2. The van der Waals surface area contributed by atoms with Crippen molar-refractivity contribution >= 4 is 17.4 Å². The Kier molecular flexibility index (Phi) is 5.18. The predicted molar refractivity (Wildman–Crippen MR) is 88.2 cm³/mol. The molecular weight excluding hydrogens is 316 g/mol. The van der Waals surface area contributed by atoms with Gasteiger partial charge in [-0.05, 0) is 37.8 Å². The summed E-state index contributed by atoms with van der Waals surface area (Å²) in [6.45, 7) is 1.28. The standard InChI is InChI=1S/C17H23F2N3O2/c18-12-9-11(10-13(19)16(12)22-7-3-4-8-22)20-17(24)21-14-5-1-2-6-15(14)23/h9-10,14-15,23H,1-8H2,(H2,20,21,24). The minimum atomic E-state index is -0.676. The molecule has 7 heteroatoms. The Bertz CT molecular complexity index is 582. The maximum atomic E-state index is 14.2. The van der Waals surface area contributed by atoms with Crippen LogP contribution in [-0.4, -0.2) is 36.4 Å². The molecule has 2 fully saturated rings. The zero-order valence-electron chi connectivity index (χ0n) is 13.5. The molecule has 132 valence electrons. The zero-order chi connectivity index (χ0) is 17.1. The molecule has 1 aliphatic carbocycles. The number of carbonyl (C=O) groups excluding carboxylic acids is 1. The molecule has 1 aliphatic heterocycles. The summed E-state index contributed by atoms with van der Waals surface area (Å²) in [5.41, 5.74) is 0.0388. The summed E-state index contributed by atoms with van der Waals surface area (Å²) >= 11 is 0. The van der Waals surface area contributed by atoms with Gasteiger partial charge in [-0.25, -0.2) is 13.6 Å². The summed E-state index contributed by atoms with van der Waals surface area (Å²) in [7, 11) is 0. The Morgan fingerprint density at radius 1 is 1.08 bits per heavy atom. The lowest BCUT2D eigenvalue weighted by Crippen LogP contribution is -2.46. The molecule has 24 heavy (non-hydrogen) atoms. The summed E-state index contributed by atoms with van der Waals surface area (Å²) in [4.78, 5) is 13.7. The van der Waals surface area contributed by atoms with Crippen LogP contribution in [0.5, 0.6) is 0 Å². The van der Waals surface area contributed by atoms with Crippen LogP contribution in [0, 0.1) is 11.6 Å². The van der Waals surface area contributed by atoms with E-state index in [1.165, 1.54) is 0 Å². The van der Waals surface area contributed by atoms with Crippen molar-refractivity contribution < 1.29 is 18.7 Å².